The molecule has 0 radical (unpaired) electrons. The molecule has 2 heterocycles. The smallest absolute Gasteiger partial charge is 0.326 e. The molecule has 3 aromatic carbocycles. The molecule has 1 fully saturated rings. The molecule has 270 valence electrons. The first-order valence-corrected chi connectivity index (χ1v) is 21.1. The molecule has 0 saturated carbocycles. The summed E-state index contributed by atoms with van der Waals surface area (Å²) < 4.78 is 56.3. The van der Waals surface area contributed by atoms with Gasteiger partial charge < -0.3 is 9.64 Å². The van der Waals surface area contributed by atoms with Gasteiger partial charge in [-0.2, -0.15) is 0 Å². The Hall–Kier alpha value is -2.87. The number of nitrogens with zero attached hydrogens (tertiary/aromatic N) is 4. The lowest BCUT2D eigenvalue weighted by Gasteiger charge is -2.47. The number of aliphatic imine (C=N–C) groups is 1. The third kappa shape index (κ3) is 7.38. The van der Waals surface area contributed by atoms with Gasteiger partial charge in [0.15, 0.2) is 19.7 Å². The monoisotopic (exact) mass is 782 g/mol. The van der Waals surface area contributed by atoms with Gasteiger partial charge >= 0.3 is 6.03 Å². The Morgan fingerprint density at radius 2 is 1.42 bits per heavy atom. The van der Waals surface area contributed by atoms with Gasteiger partial charge in [-0.25, -0.2) is 21.6 Å². The molecular formula is C35H41Cl3N4O6S2. The Labute approximate surface area is 309 Å². The summed E-state index contributed by atoms with van der Waals surface area (Å²) in [4.78, 5) is 25.7. The SMILES string of the molecule is CCOc1cc(Cl)c(S(C)(=O)=O)cc1C1=N[C@@](C)(c2ccc(Cl)cc2)[C@@](C)(c2ccc(Cl)cc2)N1C(=O)N1CCN(CCS(=O)(=O)CC)CC1. The fraction of sp³-hybridized carbons (Fsp3) is 0.429. The number of halogens is 3. The molecule has 3 aromatic rings. The summed E-state index contributed by atoms with van der Waals surface area (Å²) in [7, 11) is -6.95. The van der Waals surface area contributed by atoms with Gasteiger partial charge in [-0.15, -0.1) is 0 Å². The molecule has 0 aliphatic carbocycles. The lowest BCUT2D eigenvalue weighted by Crippen LogP contribution is -2.60. The molecule has 0 N–H and O–H groups in total. The molecule has 2 aliphatic heterocycles. The zero-order chi connectivity index (χ0) is 36.6. The normalized spacial score (nSPS) is 21.7. The molecule has 2 aliphatic rings. The minimum absolute atomic E-state index is 0.0155. The van der Waals surface area contributed by atoms with E-state index in [0.717, 1.165) is 17.4 Å². The average Bonchev–Trinajstić information content (AvgIpc) is 3.31. The van der Waals surface area contributed by atoms with Crippen LogP contribution < -0.4 is 4.74 Å². The van der Waals surface area contributed by atoms with E-state index in [1.54, 1.807) is 47.9 Å². The van der Waals surface area contributed by atoms with Crippen LogP contribution in [0.4, 0.5) is 4.79 Å². The lowest BCUT2D eigenvalue weighted by molar-refractivity contribution is 0.0880. The quantitative estimate of drug-likeness (QED) is 0.230. The molecule has 2 atom stereocenters. The summed E-state index contributed by atoms with van der Waals surface area (Å²) in [5, 5.41) is 1.02. The highest BCUT2D eigenvalue weighted by atomic mass is 35.5. The fourth-order valence-corrected chi connectivity index (χ4v) is 8.95. The van der Waals surface area contributed by atoms with E-state index < -0.39 is 30.8 Å². The van der Waals surface area contributed by atoms with Gasteiger partial charge in [0, 0.05) is 60.8 Å². The maximum Gasteiger partial charge on any atom is 0.326 e. The number of rotatable bonds is 10. The molecule has 0 bridgehead atoms. The van der Waals surface area contributed by atoms with E-state index in [1.807, 2.05) is 43.0 Å². The summed E-state index contributed by atoms with van der Waals surface area (Å²) in [6.07, 6.45) is 1.07. The number of benzene rings is 3. The van der Waals surface area contributed by atoms with Gasteiger partial charge in [0.25, 0.3) is 0 Å². The molecule has 2 amide bonds. The van der Waals surface area contributed by atoms with Crippen LogP contribution in [0.1, 0.15) is 44.4 Å². The van der Waals surface area contributed by atoms with Crippen molar-refractivity contribution in [1.82, 2.24) is 14.7 Å². The van der Waals surface area contributed by atoms with Crippen molar-refractivity contribution >= 4 is 66.3 Å². The minimum Gasteiger partial charge on any atom is -0.493 e. The average molecular weight is 784 g/mol. The number of urea groups is 1. The van der Waals surface area contributed by atoms with E-state index in [9.17, 15) is 16.8 Å². The van der Waals surface area contributed by atoms with E-state index in [4.69, 9.17) is 44.5 Å². The predicted octanol–water partition coefficient (Wildman–Crippen LogP) is 6.51. The number of ether oxygens (including phenoxy) is 1. The van der Waals surface area contributed by atoms with Crippen LogP contribution in [-0.4, -0.2) is 100 Å². The topological polar surface area (TPSA) is 117 Å². The van der Waals surface area contributed by atoms with Crippen LogP contribution in [0.15, 0.2) is 70.6 Å². The Kier molecular flexibility index (Phi) is 11.2. The summed E-state index contributed by atoms with van der Waals surface area (Å²) in [5.74, 6) is 0.593. The first-order valence-electron chi connectivity index (χ1n) is 16.3. The second-order valence-electron chi connectivity index (χ2n) is 12.8. The summed E-state index contributed by atoms with van der Waals surface area (Å²) in [5.41, 5.74) is -0.597. The fourth-order valence-electron chi connectivity index (χ4n) is 6.55. The zero-order valence-electron chi connectivity index (χ0n) is 28.6. The molecule has 0 spiro atoms. The zero-order valence-corrected chi connectivity index (χ0v) is 32.5. The number of amides is 2. The van der Waals surface area contributed by atoms with Crippen LogP contribution in [0.3, 0.4) is 0 Å². The van der Waals surface area contributed by atoms with E-state index in [1.165, 1.54) is 12.1 Å². The highest BCUT2D eigenvalue weighted by Crippen LogP contribution is 2.54. The van der Waals surface area contributed by atoms with Crippen LogP contribution in [-0.2, 0) is 30.8 Å². The maximum atomic E-state index is 15.1. The van der Waals surface area contributed by atoms with E-state index >= 15 is 4.79 Å². The largest absolute Gasteiger partial charge is 0.493 e. The number of sulfone groups is 2. The highest BCUT2D eigenvalue weighted by Gasteiger charge is 2.60. The van der Waals surface area contributed by atoms with Gasteiger partial charge in [0.2, 0.25) is 0 Å². The van der Waals surface area contributed by atoms with E-state index in [0.29, 0.717) is 42.8 Å². The molecular weight excluding hydrogens is 743 g/mol. The Balaban J connectivity index is 1.71. The standard InChI is InChI=1S/C35H41Cl3N4O6S2/c1-6-48-30-23-29(38)31(49(5,44)45)22-28(30)32-39-34(3,24-8-12-26(36)13-9-24)35(4,25-10-14-27(37)15-11-25)42(32)33(43)41-18-16-40(17-19-41)20-21-50(46,47)7-2/h8-15,22-23H,6-7,16-21H2,1-5H3/t34-,35+/m0/s1. The van der Waals surface area contributed by atoms with Crippen molar-refractivity contribution in [3.8, 4) is 5.75 Å². The molecule has 1 saturated heterocycles. The van der Waals surface area contributed by atoms with Crippen LogP contribution in [0.2, 0.25) is 15.1 Å². The van der Waals surface area contributed by atoms with Crippen molar-refractivity contribution in [2.75, 3.05) is 57.1 Å². The highest BCUT2D eigenvalue weighted by molar-refractivity contribution is 7.91. The number of piperazine rings is 1. The number of amidine groups is 1. The summed E-state index contributed by atoms with van der Waals surface area (Å²) in [6, 6.07) is 17.0. The van der Waals surface area contributed by atoms with Crippen LogP contribution in [0.5, 0.6) is 5.75 Å². The second kappa shape index (κ2) is 14.6. The van der Waals surface area contributed by atoms with Crippen molar-refractivity contribution in [1.29, 1.82) is 0 Å². The van der Waals surface area contributed by atoms with Gasteiger partial charge in [-0.1, -0.05) is 66.0 Å². The molecule has 15 heteroatoms. The third-order valence-corrected chi connectivity index (χ3v) is 13.5. The third-order valence-electron chi connectivity index (χ3n) is 9.72. The molecule has 50 heavy (non-hydrogen) atoms. The molecule has 5 rings (SSSR count). The van der Waals surface area contributed by atoms with Crippen molar-refractivity contribution in [2.45, 2.75) is 43.7 Å². The molecule has 0 unspecified atom stereocenters. The number of hydrogen-bond acceptors (Lipinski definition) is 8. The van der Waals surface area contributed by atoms with Crippen molar-refractivity contribution in [2.24, 2.45) is 4.99 Å². The minimum atomic E-state index is -3.81. The Morgan fingerprint density at radius 1 is 0.860 bits per heavy atom. The number of carbonyl (C=O) groups is 1. The Morgan fingerprint density at radius 3 is 1.94 bits per heavy atom. The van der Waals surface area contributed by atoms with Crippen LogP contribution >= 0.6 is 34.8 Å². The van der Waals surface area contributed by atoms with Gasteiger partial charge in [-0.3, -0.25) is 14.8 Å². The van der Waals surface area contributed by atoms with Gasteiger partial charge in [-0.05, 0) is 62.2 Å². The molecule has 0 aromatic heterocycles. The van der Waals surface area contributed by atoms with Crippen molar-refractivity contribution in [3.63, 3.8) is 0 Å². The van der Waals surface area contributed by atoms with Crippen LogP contribution in [0.25, 0.3) is 0 Å². The van der Waals surface area contributed by atoms with Crippen molar-refractivity contribution < 1.29 is 26.4 Å². The first kappa shape index (κ1) is 38.4. The van der Waals surface area contributed by atoms with Gasteiger partial charge in [0.05, 0.1) is 27.8 Å². The number of hydrogen-bond donors (Lipinski definition) is 0. The first-order chi connectivity index (χ1) is 23.4. The second-order valence-corrected chi connectivity index (χ2v) is 18.5. The van der Waals surface area contributed by atoms with E-state index in [-0.39, 0.29) is 51.2 Å². The van der Waals surface area contributed by atoms with Gasteiger partial charge in [0.1, 0.15) is 22.7 Å². The number of carbonyl (C=O) groups excluding carboxylic acids is 1. The Bertz CT molecular complexity index is 2000. The van der Waals surface area contributed by atoms with Crippen LogP contribution in [0, 0.1) is 0 Å². The summed E-state index contributed by atoms with van der Waals surface area (Å²) >= 11 is 19.2. The van der Waals surface area contributed by atoms with E-state index in [2.05, 4.69) is 0 Å². The predicted molar refractivity (Wildman–Crippen MR) is 199 cm³/mol. The lowest BCUT2D eigenvalue weighted by atomic mass is 9.71. The molecule has 10 nitrogen and oxygen atoms in total. The maximum absolute atomic E-state index is 15.1. The summed E-state index contributed by atoms with van der Waals surface area (Å²) in [6.45, 7) is 9.51. The van der Waals surface area contributed by atoms with Crippen molar-refractivity contribution in [3.05, 3.63) is 92.4 Å².